The van der Waals surface area contributed by atoms with E-state index in [0.29, 0.717) is 15.7 Å². The molecule has 88 valence electrons. The first kappa shape index (κ1) is 11.8. The number of amidine groups is 1. The quantitative estimate of drug-likeness (QED) is 0.345. The van der Waals surface area contributed by atoms with E-state index in [-0.39, 0.29) is 5.84 Å². The van der Waals surface area contributed by atoms with Crippen LogP contribution in [0.2, 0.25) is 5.02 Å². The van der Waals surface area contributed by atoms with Crippen LogP contribution in [0.4, 0.5) is 0 Å². The minimum Gasteiger partial charge on any atom is -0.409 e. The van der Waals surface area contributed by atoms with Crippen molar-refractivity contribution in [3.8, 4) is 0 Å². The van der Waals surface area contributed by atoms with Crippen molar-refractivity contribution >= 4 is 29.2 Å². The molecule has 0 saturated heterocycles. The van der Waals surface area contributed by atoms with Gasteiger partial charge in [-0.15, -0.1) is 0 Å². The molecule has 0 aliphatic heterocycles. The molecule has 0 atom stereocenters. The number of halogens is 1. The highest BCUT2D eigenvalue weighted by atomic mass is 35.5. The molecule has 0 spiro atoms. The van der Waals surface area contributed by atoms with Crippen molar-refractivity contribution in [2.24, 2.45) is 10.9 Å². The first-order chi connectivity index (χ1) is 8.20. The van der Waals surface area contributed by atoms with Gasteiger partial charge in [0.05, 0.1) is 0 Å². The number of hydrogen-bond donors (Lipinski definition) is 3. The molecule has 17 heavy (non-hydrogen) atoms. The van der Waals surface area contributed by atoms with Gasteiger partial charge >= 0.3 is 0 Å². The number of oxime groups is 1. The molecule has 1 aromatic carbocycles. The van der Waals surface area contributed by atoms with Gasteiger partial charge in [0, 0.05) is 27.9 Å². The molecular weight excluding hydrogens is 260 g/mol. The molecule has 0 aliphatic carbocycles. The Balaban J connectivity index is 2.40. The van der Waals surface area contributed by atoms with Crippen molar-refractivity contribution in [1.82, 2.24) is 9.97 Å². The van der Waals surface area contributed by atoms with Crippen LogP contribution in [0.25, 0.3) is 0 Å². The van der Waals surface area contributed by atoms with Crippen molar-refractivity contribution in [2.45, 2.75) is 10.1 Å². The Hall–Kier alpha value is -1.66. The molecule has 0 radical (unpaired) electrons. The van der Waals surface area contributed by atoms with E-state index < -0.39 is 0 Å². The van der Waals surface area contributed by atoms with Gasteiger partial charge in [-0.05, 0) is 18.2 Å². The topological polar surface area (TPSA) is 87.3 Å². The highest BCUT2D eigenvalue weighted by Crippen LogP contribution is 2.30. The molecule has 1 aromatic heterocycles. The second kappa shape index (κ2) is 5.11. The zero-order chi connectivity index (χ0) is 12.3. The first-order valence-electron chi connectivity index (χ1n) is 4.65. The monoisotopic (exact) mass is 268 g/mol. The molecule has 7 heteroatoms. The lowest BCUT2D eigenvalue weighted by atomic mass is 10.2. The molecule has 5 nitrogen and oxygen atoms in total. The maximum absolute atomic E-state index is 8.71. The average molecular weight is 269 g/mol. The number of benzene rings is 1. The second-order valence-electron chi connectivity index (χ2n) is 3.12. The van der Waals surface area contributed by atoms with Crippen LogP contribution >= 0.6 is 23.4 Å². The van der Waals surface area contributed by atoms with Crippen molar-refractivity contribution in [3.05, 3.63) is 41.2 Å². The van der Waals surface area contributed by atoms with E-state index in [0.717, 1.165) is 4.90 Å². The van der Waals surface area contributed by atoms with E-state index in [1.807, 2.05) is 0 Å². The number of aromatic amines is 1. The smallest absolute Gasteiger partial charge is 0.171 e. The van der Waals surface area contributed by atoms with E-state index in [1.165, 1.54) is 11.8 Å². The largest absolute Gasteiger partial charge is 0.409 e. The van der Waals surface area contributed by atoms with Crippen LogP contribution in [0.3, 0.4) is 0 Å². The number of rotatable bonds is 3. The molecule has 4 N–H and O–H groups in total. The van der Waals surface area contributed by atoms with Crippen LogP contribution in [0, 0.1) is 0 Å². The molecule has 0 aliphatic rings. The van der Waals surface area contributed by atoms with Gasteiger partial charge in [-0.2, -0.15) is 0 Å². The number of nitrogens with zero attached hydrogens (tertiary/aromatic N) is 2. The molecule has 0 fully saturated rings. The van der Waals surface area contributed by atoms with Crippen molar-refractivity contribution in [3.63, 3.8) is 0 Å². The van der Waals surface area contributed by atoms with Crippen LogP contribution < -0.4 is 5.73 Å². The highest BCUT2D eigenvalue weighted by Gasteiger charge is 2.10. The maximum atomic E-state index is 8.71. The Labute approximate surface area is 107 Å². The SMILES string of the molecule is N/C(=N/O)c1ccc(Cl)cc1Sc1ncc[nH]1. The van der Waals surface area contributed by atoms with Crippen molar-refractivity contribution < 1.29 is 5.21 Å². The van der Waals surface area contributed by atoms with Gasteiger partial charge in [0.1, 0.15) is 0 Å². The van der Waals surface area contributed by atoms with E-state index >= 15 is 0 Å². The average Bonchev–Trinajstić information content (AvgIpc) is 2.81. The molecule has 0 amide bonds. The van der Waals surface area contributed by atoms with Crippen LogP contribution in [-0.2, 0) is 0 Å². The molecule has 2 rings (SSSR count). The minimum atomic E-state index is 0.0377. The standard InChI is InChI=1S/C10H9ClN4OS/c11-6-1-2-7(9(12)15-16)8(5-6)17-10-13-3-4-14-10/h1-5,16H,(H2,12,15)(H,13,14). The summed E-state index contributed by atoms with van der Waals surface area (Å²) in [7, 11) is 0. The number of nitrogens with two attached hydrogens (primary N) is 1. The molecular formula is C10H9ClN4OS. The Morgan fingerprint density at radius 3 is 3.00 bits per heavy atom. The van der Waals surface area contributed by atoms with Gasteiger partial charge in [-0.25, -0.2) is 4.98 Å². The fourth-order valence-electron chi connectivity index (χ4n) is 1.26. The Kier molecular flexibility index (Phi) is 3.55. The minimum absolute atomic E-state index is 0.0377. The van der Waals surface area contributed by atoms with Gasteiger partial charge in [0.25, 0.3) is 0 Å². The summed E-state index contributed by atoms with van der Waals surface area (Å²) in [5.41, 5.74) is 6.20. The third kappa shape index (κ3) is 2.72. The first-order valence-corrected chi connectivity index (χ1v) is 5.85. The molecule has 0 saturated carbocycles. The Bertz CT molecular complexity index is 541. The van der Waals surface area contributed by atoms with E-state index in [2.05, 4.69) is 15.1 Å². The number of aromatic nitrogens is 2. The van der Waals surface area contributed by atoms with Crippen LogP contribution in [0.5, 0.6) is 0 Å². The Morgan fingerprint density at radius 2 is 2.35 bits per heavy atom. The van der Waals surface area contributed by atoms with Gasteiger partial charge in [-0.3, -0.25) is 0 Å². The molecule has 0 bridgehead atoms. The van der Waals surface area contributed by atoms with Crippen molar-refractivity contribution in [1.29, 1.82) is 0 Å². The summed E-state index contributed by atoms with van der Waals surface area (Å²) in [6.45, 7) is 0. The van der Waals surface area contributed by atoms with Crippen LogP contribution in [0.1, 0.15) is 5.56 Å². The lowest BCUT2D eigenvalue weighted by Crippen LogP contribution is -2.14. The van der Waals surface area contributed by atoms with E-state index in [9.17, 15) is 0 Å². The normalized spacial score (nSPS) is 11.7. The van der Waals surface area contributed by atoms with Crippen LogP contribution in [-0.4, -0.2) is 21.0 Å². The molecule has 1 heterocycles. The zero-order valence-electron chi connectivity index (χ0n) is 8.59. The summed E-state index contributed by atoms with van der Waals surface area (Å²) in [6, 6.07) is 5.12. The molecule has 2 aromatic rings. The number of imidazole rings is 1. The Morgan fingerprint density at radius 1 is 1.53 bits per heavy atom. The third-order valence-corrected chi connectivity index (χ3v) is 3.22. The summed E-state index contributed by atoms with van der Waals surface area (Å²) < 4.78 is 0. The van der Waals surface area contributed by atoms with Crippen LogP contribution in [0.15, 0.2) is 45.8 Å². The second-order valence-corrected chi connectivity index (χ2v) is 4.59. The number of H-pyrrole nitrogens is 1. The van der Waals surface area contributed by atoms with E-state index in [1.54, 1.807) is 30.6 Å². The maximum Gasteiger partial charge on any atom is 0.171 e. The molecule has 0 unspecified atom stereocenters. The van der Waals surface area contributed by atoms with Gasteiger partial charge in [0.2, 0.25) is 0 Å². The summed E-state index contributed by atoms with van der Waals surface area (Å²) in [5, 5.41) is 13.0. The van der Waals surface area contributed by atoms with Gasteiger partial charge in [-0.1, -0.05) is 28.5 Å². The third-order valence-electron chi connectivity index (χ3n) is 2.01. The fraction of sp³-hybridized carbons (Fsp3) is 0. The summed E-state index contributed by atoms with van der Waals surface area (Å²) in [6.07, 6.45) is 3.37. The summed E-state index contributed by atoms with van der Waals surface area (Å²) in [4.78, 5) is 7.81. The summed E-state index contributed by atoms with van der Waals surface area (Å²) in [5.74, 6) is 0.0377. The predicted octanol–water partition coefficient (Wildman–Crippen LogP) is 2.31. The lowest BCUT2D eigenvalue weighted by Gasteiger charge is -2.06. The summed E-state index contributed by atoms with van der Waals surface area (Å²) >= 11 is 7.27. The number of hydrogen-bond acceptors (Lipinski definition) is 4. The fourth-order valence-corrected chi connectivity index (χ4v) is 2.41. The van der Waals surface area contributed by atoms with Gasteiger partial charge in [0.15, 0.2) is 11.0 Å². The zero-order valence-corrected chi connectivity index (χ0v) is 10.2. The number of nitrogens with one attached hydrogen (secondary N) is 1. The lowest BCUT2D eigenvalue weighted by molar-refractivity contribution is 0.318. The van der Waals surface area contributed by atoms with E-state index in [4.69, 9.17) is 22.5 Å². The van der Waals surface area contributed by atoms with Gasteiger partial charge < -0.3 is 15.9 Å². The van der Waals surface area contributed by atoms with Crippen molar-refractivity contribution in [2.75, 3.05) is 0 Å². The highest BCUT2D eigenvalue weighted by molar-refractivity contribution is 7.99. The predicted molar refractivity (Wildman–Crippen MR) is 66.7 cm³/mol.